The molecule has 0 spiro atoms. The Labute approximate surface area is 121 Å². The molecule has 1 fully saturated rings. The third kappa shape index (κ3) is 4.07. The molecule has 1 saturated heterocycles. The topological polar surface area (TPSA) is 50.2 Å². The first kappa shape index (κ1) is 15.0. The van der Waals surface area contributed by atoms with Crippen LogP contribution in [0, 0.1) is 0 Å². The lowest BCUT2D eigenvalue weighted by molar-refractivity contribution is -0.131. The second-order valence-electron chi connectivity index (χ2n) is 6.51. The summed E-state index contributed by atoms with van der Waals surface area (Å²) in [5, 5.41) is 7.58. The molecule has 0 radical (unpaired) electrons. The summed E-state index contributed by atoms with van der Waals surface area (Å²) in [5.74, 6) is 0.216. The molecular weight excluding hydrogens is 252 g/mol. The number of amides is 1. The summed E-state index contributed by atoms with van der Waals surface area (Å²) in [7, 11) is 0. The Morgan fingerprint density at radius 1 is 1.30 bits per heavy atom. The van der Waals surface area contributed by atoms with Gasteiger partial charge in [0.2, 0.25) is 5.91 Å². The van der Waals surface area contributed by atoms with Gasteiger partial charge < -0.3 is 10.2 Å². The summed E-state index contributed by atoms with van der Waals surface area (Å²) in [6.07, 6.45) is 7.44. The van der Waals surface area contributed by atoms with Crippen LogP contribution in [0.15, 0.2) is 12.4 Å². The van der Waals surface area contributed by atoms with E-state index in [1.807, 2.05) is 22.0 Å². The molecule has 1 amide bonds. The molecule has 1 aliphatic rings. The molecule has 0 unspecified atom stereocenters. The maximum atomic E-state index is 12.0. The normalized spacial score (nSPS) is 16.4. The van der Waals surface area contributed by atoms with Crippen molar-refractivity contribution in [2.75, 3.05) is 19.6 Å². The summed E-state index contributed by atoms with van der Waals surface area (Å²) in [5.41, 5.74) is 1.12. The monoisotopic (exact) mass is 278 g/mol. The first-order chi connectivity index (χ1) is 9.47. The van der Waals surface area contributed by atoms with E-state index in [1.54, 1.807) is 0 Å². The Kier molecular flexibility index (Phi) is 4.81. The molecule has 1 aromatic rings. The van der Waals surface area contributed by atoms with Gasteiger partial charge in [-0.1, -0.05) is 0 Å². The summed E-state index contributed by atoms with van der Waals surface area (Å²) >= 11 is 0. The molecule has 112 valence electrons. The number of likely N-dealkylation sites (tertiary alicyclic amines) is 1. The molecule has 1 aromatic heterocycles. The number of carbonyl (C=O) groups is 1. The minimum atomic E-state index is 0.00186. The lowest BCUT2D eigenvalue weighted by atomic mass is 10.1. The Hall–Kier alpha value is -1.36. The van der Waals surface area contributed by atoms with Crippen LogP contribution in [0.1, 0.15) is 45.6 Å². The Bertz CT molecular complexity index is 441. The number of nitrogens with zero attached hydrogens (tertiary/aromatic N) is 3. The number of carbonyl (C=O) groups excluding carboxylic acids is 1. The van der Waals surface area contributed by atoms with Gasteiger partial charge >= 0.3 is 0 Å². The van der Waals surface area contributed by atoms with Gasteiger partial charge in [-0.3, -0.25) is 9.48 Å². The smallest absolute Gasteiger partial charge is 0.236 e. The van der Waals surface area contributed by atoms with E-state index in [1.165, 1.54) is 6.42 Å². The molecule has 5 heteroatoms. The molecular formula is C15H26N4O. The zero-order valence-corrected chi connectivity index (χ0v) is 12.9. The molecule has 1 N–H and O–H groups in total. The van der Waals surface area contributed by atoms with Crippen molar-refractivity contribution in [2.24, 2.45) is 0 Å². The number of piperidine rings is 1. The molecule has 1 aliphatic heterocycles. The standard InChI is InChI=1S/C15H26N4O/c1-15(2,3)19-12-13(10-17-19)9-16-11-14(20)18-7-5-4-6-8-18/h10,12,16H,4-9,11H2,1-3H3. The highest BCUT2D eigenvalue weighted by Crippen LogP contribution is 2.13. The minimum Gasteiger partial charge on any atom is -0.342 e. The van der Waals surface area contributed by atoms with Gasteiger partial charge in [-0.05, 0) is 40.0 Å². The Morgan fingerprint density at radius 2 is 2.00 bits per heavy atom. The third-order valence-electron chi connectivity index (χ3n) is 3.64. The predicted octanol–water partition coefficient (Wildman–Crippen LogP) is 1.74. The van der Waals surface area contributed by atoms with Crippen molar-refractivity contribution in [3.63, 3.8) is 0 Å². The average molecular weight is 278 g/mol. The van der Waals surface area contributed by atoms with Crippen LogP contribution >= 0.6 is 0 Å². The van der Waals surface area contributed by atoms with Gasteiger partial charge in [0.25, 0.3) is 0 Å². The molecule has 2 rings (SSSR count). The van der Waals surface area contributed by atoms with Crippen LogP contribution in [0.4, 0.5) is 0 Å². The number of nitrogens with one attached hydrogen (secondary N) is 1. The number of hydrogen-bond donors (Lipinski definition) is 1. The van der Waals surface area contributed by atoms with Crippen LogP contribution in [0.5, 0.6) is 0 Å². The van der Waals surface area contributed by atoms with Crippen molar-refractivity contribution in [3.05, 3.63) is 18.0 Å². The first-order valence-electron chi connectivity index (χ1n) is 7.49. The van der Waals surface area contributed by atoms with E-state index in [4.69, 9.17) is 0 Å². The zero-order valence-electron chi connectivity index (χ0n) is 12.9. The molecule has 0 saturated carbocycles. The van der Waals surface area contributed by atoms with Crippen LogP contribution in [0.3, 0.4) is 0 Å². The molecule has 0 bridgehead atoms. The van der Waals surface area contributed by atoms with Crippen molar-refractivity contribution in [3.8, 4) is 0 Å². The maximum Gasteiger partial charge on any atom is 0.236 e. The second-order valence-corrected chi connectivity index (χ2v) is 6.51. The summed E-state index contributed by atoms with van der Waals surface area (Å²) in [6, 6.07) is 0. The molecule has 0 aliphatic carbocycles. The highest BCUT2D eigenvalue weighted by Gasteiger charge is 2.16. The van der Waals surface area contributed by atoms with Crippen LogP contribution in [-0.2, 0) is 16.9 Å². The summed E-state index contributed by atoms with van der Waals surface area (Å²) in [6.45, 7) is 9.31. The van der Waals surface area contributed by atoms with E-state index in [2.05, 4.69) is 31.2 Å². The Morgan fingerprint density at radius 3 is 2.60 bits per heavy atom. The van der Waals surface area contributed by atoms with Gasteiger partial charge in [0.1, 0.15) is 0 Å². The lowest BCUT2D eigenvalue weighted by Crippen LogP contribution is -2.40. The molecule has 20 heavy (non-hydrogen) atoms. The highest BCUT2D eigenvalue weighted by molar-refractivity contribution is 5.78. The number of hydrogen-bond acceptors (Lipinski definition) is 3. The lowest BCUT2D eigenvalue weighted by Gasteiger charge is -2.26. The van der Waals surface area contributed by atoms with Gasteiger partial charge in [-0.15, -0.1) is 0 Å². The van der Waals surface area contributed by atoms with Crippen molar-refractivity contribution >= 4 is 5.91 Å². The van der Waals surface area contributed by atoms with Crippen LogP contribution in [-0.4, -0.2) is 40.2 Å². The van der Waals surface area contributed by atoms with Crippen molar-refractivity contribution in [1.29, 1.82) is 0 Å². The van der Waals surface area contributed by atoms with Gasteiger partial charge in [0.05, 0.1) is 18.3 Å². The van der Waals surface area contributed by atoms with E-state index in [9.17, 15) is 4.79 Å². The number of rotatable bonds is 4. The zero-order chi connectivity index (χ0) is 14.6. The molecule has 2 heterocycles. The van der Waals surface area contributed by atoms with E-state index in [-0.39, 0.29) is 11.4 Å². The molecule has 0 atom stereocenters. The largest absolute Gasteiger partial charge is 0.342 e. The van der Waals surface area contributed by atoms with Gasteiger partial charge in [-0.2, -0.15) is 5.10 Å². The SMILES string of the molecule is CC(C)(C)n1cc(CNCC(=O)N2CCCCC2)cn1. The fraction of sp³-hybridized carbons (Fsp3) is 0.733. The average Bonchev–Trinajstić information content (AvgIpc) is 2.88. The van der Waals surface area contributed by atoms with Crippen LogP contribution in [0.2, 0.25) is 0 Å². The van der Waals surface area contributed by atoms with E-state index in [0.29, 0.717) is 13.1 Å². The van der Waals surface area contributed by atoms with Crippen molar-refractivity contribution in [2.45, 2.75) is 52.1 Å². The number of aromatic nitrogens is 2. The van der Waals surface area contributed by atoms with Crippen LogP contribution < -0.4 is 5.32 Å². The molecule has 0 aromatic carbocycles. The minimum absolute atomic E-state index is 0.00186. The van der Waals surface area contributed by atoms with Crippen molar-refractivity contribution < 1.29 is 4.79 Å². The molecule has 5 nitrogen and oxygen atoms in total. The summed E-state index contributed by atoms with van der Waals surface area (Å²) in [4.78, 5) is 14.0. The second kappa shape index (κ2) is 6.39. The van der Waals surface area contributed by atoms with Gasteiger partial charge in [0, 0.05) is 31.4 Å². The van der Waals surface area contributed by atoms with Gasteiger partial charge in [-0.25, -0.2) is 0 Å². The van der Waals surface area contributed by atoms with E-state index < -0.39 is 0 Å². The predicted molar refractivity (Wildman–Crippen MR) is 79.4 cm³/mol. The summed E-state index contributed by atoms with van der Waals surface area (Å²) < 4.78 is 1.95. The van der Waals surface area contributed by atoms with Crippen molar-refractivity contribution in [1.82, 2.24) is 20.0 Å². The fourth-order valence-electron chi connectivity index (χ4n) is 2.39. The first-order valence-corrected chi connectivity index (χ1v) is 7.49. The quantitative estimate of drug-likeness (QED) is 0.912. The van der Waals surface area contributed by atoms with E-state index >= 15 is 0 Å². The van der Waals surface area contributed by atoms with Crippen LogP contribution in [0.25, 0.3) is 0 Å². The highest BCUT2D eigenvalue weighted by atomic mass is 16.2. The van der Waals surface area contributed by atoms with Gasteiger partial charge in [0.15, 0.2) is 0 Å². The van der Waals surface area contributed by atoms with E-state index in [0.717, 1.165) is 31.5 Å². The Balaban J connectivity index is 1.75. The third-order valence-corrected chi connectivity index (χ3v) is 3.64. The maximum absolute atomic E-state index is 12.0. The fourth-order valence-corrected chi connectivity index (χ4v) is 2.39.